The van der Waals surface area contributed by atoms with Crippen molar-refractivity contribution in [3.63, 3.8) is 0 Å². The van der Waals surface area contributed by atoms with E-state index in [2.05, 4.69) is 10.3 Å². The van der Waals surface area contributed by atoms with Crippen molar-refractivity contribution in [2.75, 3.05) is 12.3 Å². The highest BCUT2D eigenvalue weighted by Gasteiger charge is 2.31. The number of nitrogens with zero attached hydrogens (tertiary/aromatic N) is 1. The summed E-state index contributed by atoms with van der Waals surface area (Å²) < 4.78 is -1.91. The van der Waals surface area contributed by atoms with Gasteiger partial charge in [-0.1, -0.05) is 46.6 Å². The fraction of sp³-hybridized carbons (Fsp3) is 0.600. The van der Waals surface area contributed by atoms with Crippen molar-refractivity contribution in [3.05, 3.63) is 0 Å². The van der Waals surface area contributed by atoms with Gasteiger partial charge in [0, 0.05) is 5.75 Å². The number of thioether (sulfide) groups is 1. The molecule has 1 aliphatic rings. The lowest BCUT2D eigenvalue weighted by Gasteiger charge is -2.09. The van der Waals surface area contributed by atoms with Crippen LogP contribution in [0.5, 0.6) is 0 Å². The third-order valence-corrected chi connectivity index (χ3v) is 2.47. The second-order valence-electron chi connectivity index (χ2n) is 1.99. The van der Waals surface area contributed by atoms with Gasteiger partial charge in [-0.25, -0.2) is 0 Å². The van der Waals surface area contributed by atoms with Gasteiger partial charge in [-0.2, -0.15) is 0 Å². The van der Waals surface area contributed by atoms with Crippen LogP contribution in [0.3, 0.4) is 0 Å². The fourth-order valence-corrected chi connectivity index (χ4v) is 1.44. The molecule has 68 valence electrons. The Morgan fingerprint density at radius 1 is 1.58 bits per heavy atom. The monoisotopic (exact) mass is 246 g/mol. The molecule has 0 saturated carbocycles. The van der Waals surface area contributed by atoms with Crippen LogP contribution in [-0.4, -0.2) is 27.2 Å². The number of amidine groups is 1. The first-order chi connectivity index (χ1) is 5.50. The Hall–Kier alpha value is 0.360. The minimum atomic E-state index is -1.91. The van der Waals surface area contributed by atoms with E-state index in [1.165, 1.54) is 11.8 Å². The smallest absolute Gasteiger partial charge is 0.278 e. The van der Waals surface area contributed by atoms with Gasteiger partial charge in [0.1, 0.15) is 0 Å². The van der Waals surface area contributed by atoms with Crippen LogP contribution in [0.4, 0.5) is 0 Å². The zero-order valence-electron chi connectivity index (χ0n) is 5.81. The predicted octanol–water partition coefficient (Wildman–Crippen LogP) is 1.58. The number of aliphatic imine (C=N–C) groups is 1. The molecule has 0 fully saturated rings. The summed E-state index contributed by atoms with van der Waals surface area (Å²) in [5.74, 6) is 0.191. The van der Waals surface area contributed by atoms with E-state index in [0.29, 0.717) is 11.7 Å². The maximum absolute atomic E-state index is 11.0. The first-order valence-corrected chi connectivity index (χ1v) is 5.17. The summed E-state index contributed by atoms with van der Waals surface area (Å²) in [6.07, 6.45) is 0. The van der Waals surface area contributed by atoms with Crippen molar-refractivity contribution in [2.24, 2.45) is 4.99 Å². The van der Waals surface area contributed by atoms with Crippen LogP contribution >= 0.6 is 46.6 Å². The summed E-state index contributed by atoms with van der Waals surface area (Å²) in [5.41, 5.74) is 0. The topological polar surface area (TPSA) is 41.5 Å². The van der Waals surface area contributed by atoms with E-state index in [1.54, 1.807) is 0 Å². The molecule has 1 aliphatic heterocycles. The van der Waals surface area contributed by atoms with E-state index in [0.717, 1.165) is 5.75 Å². The standard InChI is InChI=1S/C5H5Cl3N2OS/c6-5(7,8)3(11)10-4-9-1-2-12-4/h1-2H2,(H,9,10,11). The second kappa shape index (κ2) is 4.05. The Morgan fingerprint density at radius 2 is 2.25 bits per heavy atom. The summed E-state index contributed by atoms with van der Waals surface area (Å²) in [5, 5.41) is 2.92. The molecule has 3 nitrogen and oxygen atoms in total. The molecule has 0 aromatic rings. The number of alkyl halides is 3. The van der Waals surface area contributed by atoms with Gasteiger partial charge in [0.2, 0.25) is 0 Å². The lowest BCUT2D eigenvalue weighted by atomic mass is 10.7. The normalized spacial score (nSPS) is 17.4. The third kappa shape index (κ3) is 3.01. The number of halogens is 3. The Balaban J connectivity index is 2.46. The largest absolute Gasteiger partial charge is 0.302 e. The molecule has 0 unspecified atom stereocenters. The number of nitrogens with one attached hydrogen (secondary N) is 1. The Bertz CT molecular complexity index is 225. The number of carbonyl (C=O) groups is 1. The molecule has 0 radical (unpaired) electrons. The van der Waals surface area contributed by atoms with Gasteiger partial charge in [-0.15, -0.1) is 0 Å². The van der Waals surface area contributed by atoms with Crippen LogP contribution in [-0.2, 0) is 4.79 Å². The maximum atomic E-state index is 11.0. The predicted molar refractivity (Wildman–Crippen MR) is 53.2 cm³/mol. The summed E-state index contributed by atoms with van der Waals surface area (Å²) in [6, 6.07) is 0. The lowest BCUT2D eigenvalue weighted by molar-refractivity contribution is -0.118. The SMILES string of the molecule is O=C(NC1=NCCS1)C(Cl)(Cl)Cl. The van der Waals surface area contributed by atoms with Crippen molar-refractivity contribution in [2.45, 2.75) is 3.79 Å². The Kier molecular flexibility index (Phi) is 3.52. The van der Waals surface area contributed by atoms with Crippen molar-refractivity contribution in [3.8, 4) is 0 Å². The van der Waals surface area contributed by atoms with Gasteiger partial charge in [-0.3, -0.25) is 9.79 Å². The minimum Gasteiger partial charge on any atom is -0.302 e. The molecule has 1 heterocycles. The number of hydrogen-bond acceptors (Lipinski definition) is 3. The molecule has 0 bridgehead atoms. The van der Waals surface area contributed by atoms with Gasteiger partial charge < -0.3 is 5.32 Å². The third-order valence-electron chi connectivity index (χ3n) is 1.06. The molecule has 12 heavy (non-hydrogen) atoms. The van der Waals surface area contributed by atoms with Crippen molar-refractivity contribution >= 4 is 57.6 Å². The quantitative estimate of drug-likeness (QED) is 0.660. The highest BCUT2D eigenvalue weighted by Crippen LogP contribution is 2.26. The van der Waals surface area contributed by atoms with Crippen LogP contribution in [0, 0.1) is 0 Å². The lowest BCUT2D eigenvalue weighted by Crippen LogP contribution is -2.36. The molecule has 1 amide bonds. The fourth-order valence-electron chi connectivity index (χ4n) is 0.579. The average molecular weight is 248 g/mol. The van der Waals surface area contributed by atoms with E-state index in [-0.39, 0.29) is 0 Å². The van der Waals surface area contributed by atoms with Crippen molar-refractivity contribution < 1.29 is 4.79 Å². The van der Waals surface area contributed by atoms with Crippen molar-refractivity contribution in [1.82, 2.24) is 5.32 Å². The molecule has 1 N–H and O–H groups in total. The molecule has 0 aromatic carbocycles. The summed E-state index contributed by atoms with van der Waals surface area (Å²) in [4.78, 5) is 15.0. The first kappa shape index (κ1) is 10.4. The summed E-state index contributed by atoms with van der Waals surface area (Å²) in [7, 11) is 0. The molecule has 0 spiro atoms. The first-order valence-electron chi connectivity index (χ1n) is 3.05. The highest BCUT2D eigenvalue weighted by molar-refractivity contribution is 8.14. The zero-order valence-corrected chi connectivity index (χ0v) is 8.90. The Labute approximate surface area is 88.8 Å². The van der Waals surface area contributed by atoms with Gasteiger partial charge >= 0.3 is 0 Å². The minimum absolute atomic E-state index is 0.520. The van der Waals surface area contributed by atoms with Crippen LogP contribution in [0.1, 0.15) is 0 Å². The van der Waals surface area contributed by atoms with Gasteiger partial charge in [-0.05, 0) is 0 Å². The van der Waals surface area contributed by atoms with Crippen LogP contribution in [0.2, 0.25) is 0 Å². The number of hydrogen-bond donors (Lipinski definition) is 1. The molecule has 0 saturated heterocycles. The number of amides is 1. The van der Waals surface area contributed by atoms with Gasteiger partial charge in [0.05, 0.1) is 6.54 Å². The molecule has 7 heteroatoms. The van der Waals surface area contributed by atoms with Crippen molar-refractivity contribution in [1.29, 1.82) is 0 Å². The zero-order chi connectivity index (χ0) is 9.19. The highest BCUT2D eigenvalue weighted by atomic mass is 35.6. The second-order valence-corrected chi connectivity index (χ2v) is 5.35. The van der Waals surface area contributed by atoms with Gasteiger partial charge in [0.15, 0.2) is 5.17 Å². The number of rotatable bonds is 0. The van der Waals surface area contributed by atoms with E-state index >= 15 is 0 Å². The average Bonchev–Trinajstić information content (AvgIpc) is 2.37. The molecule has 0 aliphatic carbocycles. The molecule has 1 rings (SSSR count). The summed E-state index contributed by atoms with van der Waals surface area (Å²) in [6.45, 7) is 0.695. The van der Waals surface area contributed by atoms with E-state index < -0.39 is 9.70 Å². The maximum Gasteiger partial charge on any atom is 0.278 e. The van der Waals surface area contributed by atoms with Crippen LogP contribution < -0.4 is 5.32 Å². The van der Waals surface area contributed by atoms with E-state index in [1.807, 2.05) is 0 Å². The molecule has 0 atom stereocenters. The Morgan fingerprint density at radius 3 is 2.67 bits per heavy atom. The number of carbonyl (C=O) groups excluding carboxylic acids is 1. The molecular formula is C5H5Cl3N2OS. The van der Waals surface area contributed by atoms with Crippen LogP contribution in [0.15, 0.2) is 4.99 Å². The molecule has 0 aromatic heterocycles. The van der Waals surface area contributed by atoms with E-state index in [4.69, 9.17) is 34.8 Å². The van der Waals surface area contributed by atoms with E-state index in [9.17, 15) is 4.79 Å². The molecular weight excluding hydrogens is 242 g/mol. The van der Waals surface area contributed by atoms with Crippen LogP contribution in [0.25, 0.3) is 0 Å². The summed E-state index contributed by atoms with van der Waals surface area (Å²) >= 11 is 17.4. The van der Waals surface area contributed by atoms with Gasteiger partial charge in [0.25, 0.3) is 9.70 Å².